The van der Waals surface area contributed by atoms with Crippen molar-refractivity contribution >= 4 is 15.9 Å². The van der Waals surface area contributed by atoms with Crippen molar-refractivity contribution < 1.29 is 9.47 Å². The van der Waals surface area contributed by atoms with Gasteiger partial charge in [-0.1, -0.05) is 29.8 Å². The molecule has 1 unspecified atom stereocenters. The Morgan fingerprint density at radius 1 is 1.22 bits per heavy atom. The van der Waals surface area contributed by atoms with E-state index in [0.29, 0.717) is 5.92 Å². The third kappa shape index (κ3) is 3.18. The fraction of sp³-hybridized carbons (Fsp3) is 0.571. The van der Waals surface area contributed by atoms with E-state index in [2.05, 4.69) is 29.8 Å². The molecule has 0 fully saturated rings. The Morgan fingerprint density at radius 3 is 2.22 bits per heavy atom. The maximum Gasteiger partial charge on any atom is 0.164 e. The Bertz CT molecular complexity index is 417. The minimum atomic E-state index is 0.108. The molecular formula is C14H22BrNO2. The second-order valence-electron chi connectivity index (χ2n) is 4.82. The summed E-state index contributed by atoms with van der Waals surface area (Å²) in [4.78, 5) is 0. The van der Waals surface area contributed by atoms with E-state index in [4.69, 9.17) is 15.2 Å². The fourth-order valence-electron chi connectivity index (χ4n) is 2.17. The summed E-state index contributed by atoms with van der Waals surface area (Å²) in [7, 11) is 3.33. The molecule has 0 saturated carbocycles. The summed E-state index contributed by atoms with van der Waals surface area (Å²) in [6.07, 6.45) is 0.814. The highest BCUT2D eigenvalue weighted by Crippen LogP contribution is 2.42. The number of methoxy groups -OCH3 is 2. The number of halogens is 1. The van der Waals surface area contributed by atoms with Gasteiger partial charge in [0.1, 0.15) is 0 Å². The van der Waals surface area contributed by atoms with E-state index in [1.54, 1.807) is 14.2 Å². The third-order valence-electron chi connectivity index (χ3n) is 2.87. The Labute approximate surface area is 118 Å². The van der Waals surface area contributed by atoms with Gasteiger partial charge in [-0.15, -0.1) is 0 Å². The van der Waals surface area contributed by atoms with Gasteiger partial charge in [-0.2, -0.15) is 0 Å². The van der Waals surface area contributed by atoms with Crippen LogP contribution in [0, 0.1) is 0 Å². The molecule has 1 atom stereocenters. The first-order chi connectivity index (χ1) is 8.42. The monoisotopic (exact) mass is 315 g/mol. The predicted octanol–water partition coefficient (Wildman–Crippen LogP) is 3.48. The molecule has 3 nitrogen and oxygen atoms in total. The summed E-state index contributed by atoms with van der Waals surface area (Å²) in [5.74, 6) is 1.91. The van der Waals surface area contributed by atoms with Crippen LogP contribution < -0.4 is 15.2 Å². The van der Waals surface area contributed by atoms with Crippen LogP contribution in [-0.2, 0) is 6.42 Å². The molecular weight excluding hydrogens is 294 g/mol. The lowest BCUT2D eigenvalue weighted by Gasteiger charge is -2.22. The highest BCUT2D eigenvalue weighted by Gasteiger charge is 2.21. The van der Waals surface area contributed by atoms with Crippen molar-refractivity contribution in [2.24, 2.45) is 5.73 Å². The van der Waals surface area contributed by atoms with Gasteiger partial charge in [-0.25, -0.2) is 0 Å². The van der Waals surface area contributed by atoms with Crippen molar-refractivity contribution in [3.05, 3.63) is 21.7 Å². The van der Waals surface area contributed by atoms with Crippen LogP contribution in [0.5, 0.6) is 11.5 Å². The van der Waals surface area contributed by atoms with Crippen LogP contribution in [0.3, 0.4) is 0 Å². The second kappa shape index (κ2) is 6.43. The zero-order valence-corrected chi connectivity index (χ0v) is 13.3. The summed E-state index contributed by atoms with van der Waals surface area (Å²) in [5.41, 5.74) is 8.31. The van der Waals surface area contributed by atoms with E-state index in [9.17, 15) is 0 Å². The van der Waals surface area contributed by atoms with Crippen molar-refractivity contribution in [3.63, 3.8) is 0 Å². The molecule has 0 aliphatic heterocycles. The van der Waals surface area contributed by atoms with Gasteiger partial charge in [-0.3, -0.25) is 0 Å². The van der Waals surface area contributed by atoms with Crippen LogP contribution in [0.15, 0.2) is 10.5 Å². The van der Waals surface area contributed by atoms with Crippen LogP contribution in [0.1, 0.15) is 37.8 Å². The van der Waals surface area contributed by atoms with Gasteiger partial charge in [0, 0.05) is 16.1 Å². The lowest BCUT2D eigenvalue weighted by molar-refractivity contribution is 0.349. The van der Waals surface area contributed by atoms with Gasteiger partial charge in [0.15, 0.2) is 11.5 Å². The lowest BCUT2D eigenvalue weighted by atomic mass is 9.92. The molecule has 0 bridgehead atoms. The zero-order valence-electron chi connectivity index (χ0n) is 11.7. The molecule has 1 rings (SSSR count). The van der Waals surface area contributed by atoms with E-state index in [1.807, 2.05) is 13.0 Å². The molecule has 0 aliphatic rings. The molecule has 18 heavy (non-hydrogen) atoms. The standard InChI is InChI=1S/C14H22BrNO2/c1-8(2)13-10(6-9(3)16)11(15)7-12(17-4)14(13)18-5/h7-9H,6,16H2,1-5H3. The smallest absolute Gasteiger partial charge is 0.164 e. The fourth-order valence-corrected chi connectivity index (χ4v) is 2.75. The number of hydrogen-bond donors (Lipinski definition) is 1. The molecule has 1 aromatic rings. The number of benzene rings is 1. The third-order valence-corrected chi connectivity index (χ3v) is 3.57. The average molecular weight is 316 g/mol. The summed E-state index contributed by atoms with van der Waals surface area (Å²) in [6, 6.07) is 2.06. The molecule has 0 heterocycles. The first-order valence-electron chi connectivity index (χ1n) is 6.11. The van der Waals surface area contributed by atoms with Crippen LogP contribution in [0.4, 0.5) is 0 Å². The zero-order chi connectivity index (χ0) is 13.9. The molecule has 4 heteroatoms. The summed E-state index contributed by atoms with van der Waals surface area (Å²) in [5, 5.41) is 0. The first-order valence-corrected chi connectivity index (χ1v) is 6.90. The van der Waals surface area contributed by atoms with Gasteiger partial charge in [0.25, 0.3) is 0 Å². The molecule has 102 valence electrons. The van der Waals surface area contributed by atoms with Crippen molar-refractivity contribution in [2.45, 2.75) is 39.2 Å². The molecule has 2 N–H and O–H groups in total. The normalized spacial score (nSPS) is 12.7. The quantitative estimate of drug-likeness (QED) is 0.904. The highest BCUT2D eigenvalue weighted by molar-refractivity contribution is 9.10. The molecule has 0 amide bonds. The average Bonchev–Trinajstić information content (AvgIpc) is 2.29. The molecule has 0 aromatic heterocycles. The van der Waals surface area contributed by atoms with E-state index >= 15 is 0 Å². The Balaban J connectivity index is 3.48. The molecule has 0 radical (unpaired) electrons. The Morgan fingerprint density at radius 2 is 1.83 bits per heavy atom. The highest BCUT2D eigenvalue weighted by atomic mass is 79.9. The lowest BCUT2D eigenvalue weighted by Crippen LogP contribution is -2.19. The first kappa shape index (κ1) is 15.3. The maximum atomic E-state index is 5.93. The molecule has 1 aromatic carbocycles. The van der Waals surface area contributed by atoms with E-state index in [0.717, 1.165) is 22.4 Å². The van der Waals surface area contributed by atoms with Crippen molar-refractivity contribution in [1.29, 1.82) is 0 Å². The number of nitrogens with two attached hydrogens (primary N) is 1. The SMILES string of the molecule is COc1cc(Br)c(CC(C)N)c(C(C)C)c1OC. The van der Waals surface area contributed by atoms with Gasteiger partial charge < -0.3 is 15.2 Å². The van der Waals surface area contributed by atoms with Gasteiger partial charge in [0.2, 0.25) is 0 Å². The molecule has 0 spiro atoms. The van der Waals surface area contributed by atoms with E-state index in [-0.39, 0.29) is 6.04 Å². The van der Waals surface area contributed by atoms with Crippen LogP contribution in [-0.4, -0.2) is 20.3 Å². The molecule has 0 saturated heterocycles. The van der Waals surface area contributed by atoms with Crippen LogP contribution in [0.25, 0.3) is 0 Å². The predicted molar refractivity (Wildman–Crippen MR) is 78.7 cm³/mol. The number of rotatable bonds is 5. The van der Waals surface area contributed by atoms with E-state index in [1.165, 1.54) is 11.1 Å². The Kier molecular flexibility index (Phi) is 5.47. The van der Waals surface area contributed by atoms with Crippen molar-refractivity contribution in [2.75, 3.05) is 14.2 Å². The van der Waals surface area contributed by atoms with Crippen molar-refractivity contribution in [1.82, 2.24) is 0 Å². The number of hydrogen-bond acceptors (Lipinski definition) is 3. The van der Waals surface area contributed by atoms with Crippen molar-refractivity contribution in [3.8, 4) is 11.5 Å². The van der Waals surface area contributed by atoms with Crippen LogP contribution >= 0.6 is 15.9 Å². The second-order valence-corrected chi connectivity index (χ2v) is 5.68. The summed E-state index contributed by atoms with van der Waals surface area (Å²) in [6.45, 7) is 6.30. The summed E-state index contributed by atoms with van der Waals surface area (Å²) >= 11 is 3.61. The van der Waals surface area contributed by atoms with Crippen LogP contribution in [0.2, 0.25) is 0 Å². The largest absolute Gasteiger partial charge is 0.493 e. The van der Waals surface area contributed by atoms with Gasteiger partial charge in [-0.05, 0) is 30.9 Å². The van der Waals surface area contributed by atoms with E-state index < -0.39 is 0 Å². The Hall–Kier alpha value is -0.740. The molecule has 0 aliphatic carbocycles. The maximum absolute atomic E-state index is 5.93. The topological polar surface area (TPSA) is 44.5 Å². The summed E-state index contributed by atoms with van der Waals surface area (Å²) < 4.78 is 11.9. The minimum absolute atomic E-state index is 0.108. The van der Waals surface area contributed by atoms with Gasteiger partial charge in [0.05, 0.1) is 14.2 Å². The number of ether oxygens (including phenoxy) is 2. The van der Waals surface area contributed by atoms with Gasteiger partial charge >= 0.3 is 0 Å². The minimum Gasteiger partial charge on any atom is -0.493 e.